The van der Waals surface area contributed by atoms with Crippen molar-refractivity contribution in [2.45, 2.75) is 0 Å². The predicted octanol–water partition coefficient (Wildman–Crippen LogP) is 0.769. The summed E-state index contributed by atoms with van der Waals surface area (Å²) in [6, 6.07) is 6.54. The molecule has 0 radical (unpaired) electrons. The molecule has 0 saturated carbocycles. The number of hydrogen-bond donors (Lipinski definition) is 0. The lowest BCUT2D eigenvalue weighted by molar-refractivity contribution is 0.111. The lowest BCUT2D eigenvalue weighted by Crippen LogP contribution is -1.88. The number of rotatable bonds is 1. The largest absolute Gasteiger partial charge is 0.296 e. The second-order valence-corrected chi connectivity index (χ2v) is 1.93. The van der Waals surface area contributed by atoms with Gasteiger partial charge in [-0.25, -0.2) is 4.98 Å². The fourth-order valence-electron chi connectivity index (χ4n) is 0.679. The molecule has 12 heavy (non-hydrogen) atoms. The molecule has 0 aliphatic rings. The number of aldehydes is 1. The first kappa shape index (κ1) is 7.97. The van der Waals surface area contributed by atoms with Crippen LogP contribution in [0, 0.1) is 23.2 Å². The fraction of sp³-hybridized carbons (Fsp3) is 0. The molecule has 1 aromatic rings. The lowest BCUT2D eigenvalue weighted by Gasteiger charge is -1.89. The van der Waals surface area contributed by atoms with Crippen LogP contribution in [0.4, 0.5) is 0 Å². The molecule has 0 atom stereocenters. The third-order valence-electron chi connectivity index (χ3n) is 1.14. The van der Waals surface area contributed by atoms with Gasteiger partial charge in [-0.1, -0.05) is 6.07 Å². The summed E-state index contributed by atoms with van der Waals surface area (Å²) in [5.41, 5.74) is 0.751. The van der Waals surface area contributed by atoms with Crippen molar-refractivity contribution in [3.05, 3.63) is 29.6 Å². The monoisotopic (exact) mass is 156 g/mol. The summed E-state index contributed by atoms with van der Waals surface area (Å²) in [7, 11) is 0. The van der Waals surface area contributed by atoms with Crippen LogP contribution in [0.25, 0.3) is 0 Å². The van der Waals surface area contributed by atoms with Gasteiger partial charge in [-0.2, -0.15) is 5.26 Å². The maximum Gasteiger partial charge on any atom is 0.168 e. The SMILES string of the molecule is N#CC#Cc1cccc(C=O)n1. The van der Waals surface area contributed by atoms with Gasteiger partial charge in [-0.3, -0.25) is 4.79 Å². The van der Waals surface area contributed by atoms with E-state index in [-0.39, 0.29) is 0 Å². The summed E-state index contributed by atoms with van der Waals surface area (Å²) >= 11 is 0. The number of carbonyl (C=O) groups excluding carboxylic acids is 1. The first-order chi connectivity index (χ1) is 5.86. The van der Waals surface area contributed by atoms with E-state index >= 15 is 0 Å². The van der Waals surface area contributed by atoms with E-state index in [4.69, 9.17) is 5.26 Å². The standard InChI is InChI=1S/C9H4N2O/c10-6-2-5-8-3-1-4-9(7-12)11-8/h1,3-4,7H. The summed E-state index contributed by atoms with van der Waals surface area (Å²) in [4.78, 5) is 14.1. The predicted molar refractivity (Wildman–Crippen MR) is 42.1 cm³/mol. The van der Waals surface area contributed by atoms with E-state index in [0.29, 0.717) is 17.7 Å². The van der Waals surface area contributed by atoms with E-state index in [9.17, 15) is 4.79 Å². The smallest absolute Gasteiger partial charge is 0.168 e. The molecule has 56 valence electrons. The number of hydrogen-bond acceptors (Lipinski definition) is 3. The average Bonchev–Trinajstić information content (AvgIpc) is 2.15. The number of carbonyl (C=O) groups is 1. The average molecular weight is 156 g/mol. The Balaban J connectivity index is 3.03. The molecule has 1 heterocycles. The zero-order chi connectivity index (χ0) is 8.81. The Morgan fingerprint density at radius 3 is 3.00 bits per heavy atom. The van der Waals surface area contributed by atoms with Gasteiger partial charge in [0, 0.05) is 5.92 Å². The van der Waals surface area contributed by atoms with Crippen molar-refractivity contribution in [2.24, 2.45) is 0 Å². The van der Waals surface area contributed by atoms with Crippen LogP contribution in [-0.2, 0) is 0 Å². The third-order valence-corrected chi connectivity index (χ3v) is 1.14. The van der Waals surface area contributed by atoms with Crippen molar-refractivity contribution >= 4 is 6.29 Å². The van der Waals surface area contributed by atoms with Gasteiger partial charge in [0.25, 0.3) is 0 Å². The highest BCUT2D eigenvalue weighted by Gasteiger charge is 1.91. The molecule has 3 nitrogen and oxygen atoms in total. The van der Waals surface area contributed by atoms with Crippen LogP contribution in [0.5, 0.6) is 0 Å². The lowest BCUT2D eigenvalue weighted by atomic mass is 10.3. The van der Waals surface area contributed by atoms with Crippen LogP contribution in [0.1, 0.15) is 16.2 Å². The number of pyridine rings is 1. The van der Waals surface area contributed by atoms with Crippen molar-refractivity contribution in [1.29, 1.82) is 5.26 Å². The van der Waals surface area contributed by atoms with Gasteiger partial charge in [-0.15, -0.1) is 0 Å². The molecule has 0 aliphatic heterocycles. The van der Waals surface area contributed by atoms with Crippen LogP contribution in [0.2, 0.25) is 0 Å². The van der Waals surface area contributed by atoms with Gasteiger partial charge in [0.2, 0.25) is 0 Å². The van der Waals surface area contributed by atoms with Gasteiger partial charge >= 0.3 is 0 Å². The van der Waals surface area contributed by atoms with E-state index in [1.165, 1.54) is 0 Å². The van der Waals surface area contributed by atoms with E-state index in [1.807, 2.05) is 0 Å². The molecule has 0 amide bonds. The highest BCUT2D eigenvalue weighted by Crippen LogP contribution is 1.94. The van der Waals surface area contributed by atoms with Crippen LogP contribution in [-0.4, -0.2) is 11.3 Å². The maximum atomic E-state index is 10.3. The van der Waals surface area contributed by atoms with Gasteiger partial charge < -0.3 is 0 Å². The molecule has 0 N–H and O–H groups in total. The highest BCUT2D eigenvalue weighted by atomic mass is 16.1. The van der Waals surface area contributed by atoms with E-state index < -0.39 is 0 Å². The minimum Gasteiger partial charge on any atom is -0.296 e. The Labute approximate surface area is 69.7 Å². The van der Waals surface area contributed by atoms with Crippen molar-refractivity contribution in [2.75, 3.05) is 0 Å². The topological polar surface area (TPSA) is 53.8 Å². The molecule has 1 rings (SSSR count). The van der Waals surface area contributed by atoms with E-state index in [1.54, 1.807) is 24.3 Å². The molecule has 0 saturated heterocycles. The Morgan fingerprint density at radius 2 is 2.33 bits per heavy atom. The Morgan fingerprint density at radius 1 is 1.50 bits per heavy atom. The van der Waals surface area contributed by atoms with Gasteiger partial charge in [0.1, 0.15) is 11.4 Å². The highest BCUT2D eigenvalue weighted by molar-refractivity contribution is 5.71. The summed E-state index contributed by atoms with van der Waals surface area (Å²) in [6.07, 6.45) is 0.636. The number of aromatic nitrogens is 1. The number of nitriles is 1. The quantitative estimate of drug-likeness (QED) is 0.445. The van der Waals surface area contributed by atoms with E-state index in [0.717, 1.165) is 0 Å². The molecule has 1 aromatic heterocycles. The minimum absolute atomic E-state index is 0.319. The normalized spacial score (nSPS) is 7.58. The first-order valence-electron chi connectivity index (χ1n) is 3.19. The van der Waals surface area contributed by atoms with Crippen molar-refractivity contribution < 1.29 is 4.79 Å². The maximum absolute atomic E-state index is 10.3. The molecular formula is C9H4N2O. The molecule has 0 bridgehead atoms. The Kier molecular flexibility index (Phi) is 2.59. The van der Waals surface area contributed by atoms with Crippen molar-refractivity contribution in [1.82, 2.24) is 4.98 Å². The Hall–Kier alpha value is -2.13. The second kappa shape index (κ2) is 3.90. The zero-order valence-electron chi connectivity index (χ0n) is 6.11. The van der Waals surface area contributed by atoms with Crippen LogP contribution >= 0.6 is 0 Å². The molecule has 0 fully saturated rings. The summed E-state index contributed by atoms with van der Waals surface area (Å²) in [5.74, 6) is 4.68. The molecule has 0 aliphatic carbocycles. The molecule has 3 heteroatoms. The van der Waals surface area contributed by atoms with Crippen LogP contribution in [0.3, 0.4) is 0 Å². The van der Waals surface area contributed by atoms with Crippen LogP contribution in [0.15, 0.2) is 18.2 Å². The summed E-state index contributed by atoms with van der Waals surface area (Å²) in [5, 5.41) is 8.13. The van der Waals surface area contributed by atoms with E-state index in [2.05, 4.69) is 16.8 Å². The molecule has 0 unspecified atom stereocenters. The Bertz CT molecular complexity index is 393. The van der Waals surface area contributed by atoms with Gasteiger partial charge in [0.15, 0.2) is 12.4 Å². The zero-order valence-corrected chi connectivity index (χ0v) is 6.11. The van der Waals surface area contributed by atoms with Gasteiger partial charge in [0.05, 0.1) is 0 Å². The third kappa shape index (κ3) is 1.93. The fourth-order valence-corrected chi connectivity index (χ4v) is 0.679. The molecular weight excluding hydrogens is 152 g/mol. The number of nitrogens with zero attached hydrogens (tertiary/aromatic N) is 2. The molecule has 0 spiro atoms. The van der Waals surface area contributed by atoms with Gasteiger partial charge in [-0.05, 0) is 18.1 Å². The summed E-state index contributed by atoms with van der Waals surface area (Å²) in [6.45, 7) is 0. The first-order valence-corrected chi connectivity index (χ1v) is 3.19. The second-order valence-electron chi connectivity index (χ2n) is 1.93. The minimum atomic E-state index is 0.319. The van der Waals surface area contributed by atoms with Crippen molar-refractivity contribution in [3.8, 4) is 17.9 Å². The van der Waals surface area contributed by atoms with Crippen LogP contribution < -0.4 is 0 Å². The van der Waals surface area contributed by atoms with Crippen molar-refractivity contribution in [3.63, 3.8) is 0 Å². The summed E-state index contributed by atoms with van der Waals surface area (Å²) < 4.78 is 0. The molecule has 0 aromatic carbocycles.